The summed E-state index contributed by atoms with van der Waals surface area (Å²) >= 11 is 0. The number of rotatable bonds is 58. The highest BCUT2D eigenvalue weighted by Crippen LogP contribution is 2.16. The molecule has 0 aliphatic carbocycles. The van der Waals surface area contributed by atoms with Crippen molar-refractivity contribution in [3.05, 3.63) is 122 Å². The molecule has 0 rings (SSSR count). The lowest BCUT2D eigenvalue weighted by Crippen LogP contribution is -2.30. The van der Waals surface area contributed by atoms with E-state index in [1.807, 2.05) is 0 Å². The van der Waals surface area contributed by atoms with E-state index in [4.69, 9.17) is 14.2 Å². The maximum absolute atomic E-state index is 12.9. The Balaban J connectivity index is 4.30. The molecule has 0 fully saturated rings. The van der Waals surface area contributed by atoms with Crippen LogP contribution in [0.4, 0.5) is 0 Å². The number of unbranched alkanes of at least 4 members (excludes halogenated alkanes) is 27. The van der Waals surface area contributed by atoms with Crippen molar-refractivity contribution in [1.29, 1.82) is 0 Å². The predicted molar refractivity (Wildman–Crippen MR) is 339 cm³/mol. The fourth-order valence-electron chi connectivity index (χ4n) is 8.87. The van der Waals surface area contributed by atoms with E-state index in [-0.39, 0.29) is 31.1 Å². The standard InChI is InChI=1S/C72H120O6/c1-4-7-10-13-16-19-22-25-28-30-31-32-33-34-35-36-37-38-39-40-41-42-45-47-50-53-56-59-62-65-71(74)77-68-69(67-76-70(73)64-61-58-55-52-49-46-43-27-24-21-18-15-12-9-6-3)78-72(75)66-63-60-57-54-51-48-44-29-26-23-20-17-14-11-8-5-2/h7,9-10,12,16,18-21,23,25,27-29,31-32,43-44,49,52,69H,4-6,8,11,13-15,17,22,24,26,30,33-42,45-48,50-51,53-68H2,1-3H3/b10-7-,12-9-,19-16-,21-18-,23-20-,28-25-,32-31-,43-27-,44-29-,52-49-. The number of carbonyl (C=O) groups is 3. The smallest absolute Gasteiger partial charge is 0.306 e. The molecule has 0 bridgehead atoms. The first kappa shape index (κ1) is 73.8. The van der Waals surface area contributed by atoms with Crippen LogP contribution in [-0.4, -0.2) is 37.2 Å². The van der Waals surface area contributed by atoms with E-state index < -0.39 is 6.10 Å². The van der Waals surface area contributed by atoms with Gasteiger partial charge in [-0.15, -0.1) is 0 Å². The van der Waals surface area contributed by atoms with Crippen LogP contribution in [0.15, 0.2) is 122 Å². The van der Waals surface area contributed by atoms with Gasteiger partial charge < -0.3 is 14.2 Å². The van der Waals surface area contributed by atoms with Crippen LogP contribution in [0.5, 0.6) is 0 Å². The van der Waals surface area contributed by atoms with Gasteiger partial charge in [0.1, 0.15) is 13.2 Å². The number of hydrogen-bond acceptors (Lipinski definition) is 6. The summed E-state index contributed by atoms with van der Waals surface area (Å²) in [6.45, 7) is 6.36. The average molecular weight is 1080 g/mol. The molecule has 0 spiro atoms. The Morgan fingerprint density at radius 3 is 0.808 bits per heavy atom. The van der Waals surface area contributed by atoms with Crippen LogP contribution in [0.3, 0.4) is 0 Å². The maximum atomic E-state index is 12.9. The molecule has 0 aromatic carbocycles. The van der Waals surface area contributed by atoms with Crippen molar-refractivity contribution in [2.24, 2.45) is 0 Å². The SMILES string of the molecule is CC/C=C\C/C=C\C/C=C\C/C=C\CCCCCCCCCCCCCCCCCCC(=O)OCC(COC(=O)CCCC/C=C\C/C=C\C/C=C\C/C=C\CC)OC(=O)CCCCCCC/C=C\C/C=C\CCCCCC. The zero-order chi connectivity index (χ0) is 56.4. The molecule has 78 heavy (non-hydrogen) atoms. The third-order valence-electron chi connectivity index (χ3n) is 13.7. The molecule has 0 radical (unpaired) electrons. The zero-order valence-electron chi connectivity index (χ0n) is 50.9. The van der Waals surface area contributed by atoms with Gasteiger partial charge in [-0.3, -0.25) is 14.4 Å². The first-order valence-electron chi connectivity index (χ1n) is 32.5. The third-order valence-corrected chi connectivity index (χ3v) is 13.7. The van der Waals surface area contributed by atoms with Crippen molar-refractivity contribution in [3.8, 4) is 0 Å². The second-order valence-corrected chi connectivity index (χ2v) is 21.3. The van der Waals surface area contributed by atoms with Crippen LogP contribution in [0, 0.1) is 0 Å². The average Bonchev–Trinajstić information content (AvgIpc) is 3.44. The van der Waals surface area contributed by atoms with Gasteiger partial charge in [-0.2, -0.15) is 0 Å². The quantitative estimate of drug-likeness (QED) is 0.0261. The van der Waals surface area contributed by atoms with E-state index in [2.05, 4.69) is 142 Å². The minimum Gasteiger partial charge on any atom is -0.462 e. The van der Waals surface area contributed by atoms with Gasteiger partial charge in [0.2, 0.25) is 0 Å². The number of allylic oxidation sites excluding steroid dienone is 20. The molecule has 6 heteroatoms. The Kier molecular flexibility index (Phi) is 61.8. The molecule has 0 aliphatic rings. The monoisotopic (exact) mass is 1080 g/mol. The summed E-state index contributed by atoms with van der Waals surface area (Å²) in [5.41, 5.74) is 0. The summed E-state index contributed by atoms with van der Waals surface area (Å²) in [5, 5.41) is 0. The van der Waals surface area contributed by atoms with E-state index in [0.29, 0.717) is 19.3 Å². The molecule has 0 saturated carbocycles. The second kappa shape index (κ2) is 65.3. The lowest BCUT2D eigenvalue weighted by atomic mass is 10.0. The molecule has 0 heterocycles. The van der Waals surface area contributed by atoms with Gasteiger partial charge in [0, 0.05) is 19.3 Å². The minimum atomic E-state index is -0.805. The molecule has 1 unspecified atom stereocenters. The van der Waals surface area contributed by atoms with Gasteiger partial charge in [-0.05, 0) is 128 Å². The van der Waals surface area contributed by atoms with Gasteiger partial charge in [0.15, 0.2) is 6.10 Å². The molecule has 0 aromatic heterocycles. The van der Waals surface area contributed by atoms with Crippen LogP contribution in [0.25, 0.3) is 0 Å². The largest absolute Gasteiger partial charge is 0.462 e. The van der Waals surface area contributed by atoms with Gasteiger partial charge in [0.25, 0.3) is 0 Å². The highest BCUT2D eigenvalue weighted by Gasteiger charge is 2.19. The third kappa shape index (κ3) is 62.7. The van der Waals surface area contributed by atoms with Crippen molar-refractivity contribution in [2.75, 3.05) is 13.2 Å². The predicted octanol–water partition coefficient (Wildman–Crippen LogP) is 22.4. The highest BCUT2D eigenvalue weighted by molar-refractivity contribution is 5.71. The molecule has 0 N–H and O–H groups in total. The normalized spacial score (nSPS) is 12.9. The molecular formula is C72H120O6. The molecule has 0 saturated heterocycles. The molecule has 6 nitrogen and oxygen atoms in total. The molecule has 444 valence electrons. The Hall–Kier alpha value is -4.19. The Labute approximate surface area is 482 Å². The molecule has 0 aliphatic heterocycles. The second-order valence-electron chi connectivity index (χ2n) is 21.3. The van der Waals surface area contributed by atoms with Crippen molar-refractivity contribution in [2.45, 2.75) is 303 Å². The van der Waals surface area contributed by atoms with Crippen molar-refractivity contribution < 1.29 is 28.6 Å². The van der Waals surface area contributed by atoms with E-state index in [1.54, 1.807) is 0 Å². The zero-order valence-corrected chi connectivity index (χ0v) is 50.9. The first-order valence-corrected chi connectivity index (χ1v) is 32.5. The lowest BCUT2D eigenvalue weighted by molar-refractivity contribution is -0.167. The van der Waals surface area contributed by atoms with E-state index in [0.717, 1.165) is 135 Å². The van der Waals surface area contributed by atoms with Crippen LogP contribution < -0.4 is 0 Å². The van der Waals surface area contributed by atoms with Gasteiger partial charge in [-0.1, -0.05) is 271 Å². The number of hydrogen-bond donors (Lipinski definition) is 0. The Morgan fingerprint density at radius 1 is 0.269 bits per heavy atom. The summed E-state index contributed by atoms with van der Waals surface area (Å²) in [7, 11) is 0. The van der Waals surface area contributed by atoms with Gasteiger partial charge in [-0.25, -0.2) is 0 Å². The Bertz CT molecular complexity index is 1620. The summed E-state index contributed by atoms with van der Waals surface area (Å²) in [5.74, 6) is -0.949. The van der Waals surface area contributed by atoms with Crippen LogP contribution in [-0.2, 0) is 28.6 Å². The molecular weight excluding hydrogens is 961 g/mol. The van der Waals surface area contributed by atoms with Crippen molar-refractivity contribution in [3.63, 3.8) is 0 Å². The molecule has 1 atom stereocenters. The molecule has 0 amide bonds. The van der Waals surface area contributed by atoms with Crippen molar-refractivity contribution in [1.82, 2.24) is 0 Å². The number of carbonyl (C=O) groups excluding carboxylic acids is 3. The van der Waals surface area contributed by atoms with Crippen LogP contribution in [0.1, 0.15) is 297 Å². The summed E-state index contributed by atoms with van der Waals surface area (Å²) in [6.07, 6.45) is 90.7. The van der Waals surface area contributed by atoms with E-state index in [9.17, 15) is 14.4 Å². The van der Waals surface area contributed by atoms with E-state index >= 15 is 0 Å². The van der Waals surface area contributed by atoms with Gasteiger partial charge >= 0.3 is 17.9 Å². The lowest BCUT2D eigenvalue weighted by Gasteiger charge is -2.18. The van der Waals surface area contributed by atoms with E-state index in [1.165, 1.54) is 122 Å². The maximum Gasteiger partial charge on any atom is 0.306 e. The summed E-state index contributed by atoms with van der Waals surface area (Å²) in [6, 6.07) is 0. The van der Waals surface area contributed by atoms with Gasteiger partial charge in [0.05, 0.1) is 0 Å². The van der Waals surface area contributed by atoms with Crippen molar-refractivity contribution >= 4 is 17.9 Å². The minimum absolute atomic E-state index is 0.0975. The fraction of sp³-hybridized carbons (Fsp3) is 0.681. The van der Waals surface area contributed by atoms with Crippen LogP contribution in [0.2, 0.25) is 0 Å². The topological polar surface area (TPSA) is 78.9 Å². The summed E-state index contributed by atoms with van der Waals surface area (Å²) in [4.78, 5) is 38.3. The number of ether oxygens (including phenoxy) is 3. The molecule has 0 aromatic rings. The first-order chi connectivity index (χ1) is 38.5. The Morgan fingerprint density at radius 2 is 0.500 bits per heavy atom. The van der Waals surface area contributed by atoms with Crippen LogP contribution >= 0.6 is 0 Å². The fourth-order valence-corrected chi connectivity index (χ4v) is 8.87. The highest BCUT2D eigenvalue weighted by atomic mass is 16.6. The number of esters is 3. The summed E-state index contributed by atoms with van der Waals surface area (Å²) < 4.78 is 16.9.